The Hall–Kier alpha value is -0.950. The lowest BCUT2D eigenvalue weighted by Gasteiger charge is -2.29. The average Bonchev–Trinajstić information content (AvgIpc) is 3.14. The molecule has 1 heterocycles. The molecular weight excluding hydrogens is 290 g/mol. The van der Waals surface area contributed by atoms with Crippen molar-refractivity contribution < 1.29 is 14.7 Å². The minimum Gasteiger partial charge on any atom is -0.480 e. The highest BCUT2D eigenvalue weighted by atomic mass is 32.2. The van der Waals surface area contributed by atoms with Crippen molar-refractivity contribution in [2.45, 2.75) is 43.6 Å². The van der Waals surface area contributed by atoms with E-state index in [1.54, 1.807) is 16.7 Å². The zero-order valence-electron chi connectivity index (χ0n) is 12.9. The lowest BCUT2D eigenvalue weighted by molar-refractivity contribution is -0.141. The van der Waals surface area contributed by atoms with Crippen LogP contribution in [0.15, 0.2) is 0 Å². The van der Waals surface area contributed by atoms with Crippen LogP contribution < -0.4 is 5.32 Å². The van der Waals surface area contributed by atoms with E-state index in [0.29, 0.717) is 11.7 Å². The first-order valence-corrected chi connectivity index (χ1v) is 8.53. The van der Waals surface area contributed by atoms with Gasteiger partial charge in [0, 0.05) is 11.8 Å². The number of hydrogen-bond donors (Lipinski definition) is 2. The van der Waals surface area contributed by atoms with Gasteiger partial charge in [-0.3, -0.25) is 4.90 Å². The Morgan fingerprint density at radius 3 is 2.62 bits per heavy atom. The Morgan fingerprint density at radius 1 is 1.43 bits per heavy atom. The number of carbonyl (C=O) groups excluding carboxylic acids is 1. The molecule has 2 fully saturated rings. The van der Waals surface area contributed by atoms with E-state index in [0.717, 1.165) is 25.8 Å². The maximum absolute atomic E-state index is 12.5. The van der Waals surface area contributed by atoms with Crippen molar-refractivity contribution in [1.29, 1.82) is 0 Å². The normalized spacial score (nSPS) is 27.0. The van der Waals surface area contributed by atoms with Crippen LogP contribution in [0, 0.1) is 5.92 Å². The van der Waals surface area contributed by atoms with Crippen molar-refractivity contribution in [3.8, 4) is 0 Å². The number of nitrogens with zero attached hydrogens (tertiary/aromatic N) is 2. The van der Waals surface area contributed by atoms with Crippen molar-refractivity contribution in [3.05, 3.63) is 0 Å². The standard InChI is InChI=1S/C14H25N3O3S/c1-9(6-7-16(2)3)15-14(20)17-11(13(18)19)8-21-12(17)10-4-5-10/h9-12H,4-8H2,1-3H3,(H,15,20)(H,18,19). The summed E-state index contributed by atoms with van der Waals surface area (Å²) >= 11 is 1.61. The molecule has 21 heavy (non-hydrogen) atoms. The fraction of sp³-hybridized carbons (Fsp3) is 0.857. The summed E-state index contributed by atoms with van der Waals surface area (Å²) in [5.74, 6) is 0.0691. The molecule has 0 aromatic heterocycles. The Kier molecular flexibility index (Phi) is 5.37. The second-order valence-electron chi connectivity index (χ2n) is 6.27. The van der Waals surface area contributed by atoms with E-state index in [1.807, 2.05) is 21.0 Å². The number of carboxylic acids is 1. The fourth-order valence-electron chi connectivity index (χ4n) is 2.53. The van der Waals surface area contributed by atoms with Gasteiger partial charge in [-0.1, -0.05) is 0 Å². The number of carbonyl (C=O) groups is 2. The molecule has 2 N–H and O–H groups in total. The largest absolute Gasteiger partial charge is 0.480 e. The summed E-state index contributed by atoms with van der Waals surface area (Å²) in [5.41, 5.74) is 0. The summed E-state index contributed by atoms with van der Waals surface area (Å²) < 4.78 is 0. The molecule has 3 unspecified atom stereocenters. The molecule has 1 aliphatic heterocycles. The second-order valence-corrected chi connectivity index (χ2v) is 7.41. The van der Waals surface area contributed by atoms with Crippen LogP contribution in [0.5, 0.6) is 0 Å². The molecule has 2 aliphatic rings. The van der Waals surface area contributed by atoms with Crippen LogP contribution in [-0.4, -0.2) is 70.8 Å². The number of amides is 2. The molecule has 6 nitrogen and oxygen atoms in total. The van der Waals surface area contributed by atoms with E-state index in [-0.39, 0.29) is 17.4 Å². The van der Waals surface area contributed by atoms with Crippen LogP contribution in [0.1, 0.15) is 26.2 Å². The molecule has 0 bridgehead atoms. The third kappa shape index (κ3) is 4.26. The Morgan fingerprint density at radius 2 is 2.10 bits per heavy atom. The van der Waals surface area contributed by atoms with Crippen LogP contribution in [0.4, 0.5) is 4.79 Å². The first kappa shape index (κ1) is 16.4. The van der Waals surface area contributed by atoms with Gasteiger partial charge in [-0.2, -0.15) is 0 Å². The summed E-state index contributed by atoms with van der Waals surface area (Å²) in [7, 11) is 3.99. The van der Waals surface area contributed by atoms with Gasteiger partial charge in [0.25, 0.3) is 0 Å². The minimum atomic E-state index is -0.901. The van der Waals surface area contributed by atoms with E-state index in [9.17, 15) is 14.7 Å². The first-order chi connectivity index (χ1) is 9.90. The van der Waals surface area contributed by atoms with Gasteiger partial charge in [0.1, 0.15) is 6.04 Å². The van der Waals surface area contributed by atoms with E-state index in [4.69, 9.17) is 0 Å². The predicted molar refractivity (Wildman–Crippen MR) is 83.4 cm³/mol. The molecule has 7 heteroatoms. The van der Waals surface area contributed by atoms with E-state index < -0.39 is 12.0 Å². The van der Waals surface area contributed by atoms with Crippen molar-refractivity contribution in [1.82, 2.24) is 15.1 Å². The predicted octanol–water partition coefficient (Wildman–Crippen LogP) is 1.27. The van der Waals surface area contributed by atoms with Crippen molar-refractivity contribution in [2.75, 3.05) is 26.4 Å². The number of nitrogens with one attached hydrogen (secondary N) is 1. The summed E-state index contributed by atoms with van der Waals surface area (Å²) in [6.07, 6.45) is 3.06. The Labute approximate surface area is 130 Å². The summed E-state index contributed by atoms with van der Waals surface area (Å²) in [6, 6.07) is -0.878. The van der Waals surface area contributed by atoms with Crippen molar-refractivity contribution in [2.24, 2.45) is 5.92 Å². The molecule has 0 radical (unpaired) electrons. The molecule has 3 atom stereocenters. The minimum absolute atomic E-state index is 0.0344. The highest BCUT2D eigenvalue weighted by Crippen LogP contribution is 2.45. The third-order valence-electron chi connectivity index (χ3n) is 3.96. The highest BCUT2D eigenvalue weighted by Gasteiger charge is 2.48. The molecule has 1 saturated heterocycles. The van der Waals surface area contributed by atoms with Crippen LogP contribution in [0.3, 0.4) is 0 Å². The number of carboxylic acid groups (broad SMARTS) is 1. The average molecular weight is 315 g/mol. The van der Waals surface area contributed by atoms with E-state index >= 15 is 0 Å². The van der Waals surface area contributed by atoms with Gasteiger partial charge in [-0.15, -0.1) is 11.8 Å². The third-order valence-corrected chi connectivity index (χ3v) is 5.42. The Balaban J connectivity index is 1.95. The Bertz CT molecular complexity index is 401. The smallest absolute Gasteiger partial charge is 0.327 e. The lowest BCUT2D eigenvalue weighted by Crippen LogP contribution is -2.52. The molecule has 0 aromatic rings. The maximum Gasteiger partial charge on any atom is 0.327 e. The summed E-state index contributed by atoms with van der Waals surface area (Å²) in [5, 5.41) is 12.3. The molecule has 0 spiro atoms. The number of urea groups is 1. The van der Waals surface area contributed by atoms with Gasteiger partial charge in [-0.25, -0.2) is 9.59 Å². The van der Waals surface area contributed by atoms with E-state index in [1.165, 1.54) is 0 Å². The maximum atomic E-state index is 12.5. The molecule has 1 aliphatic carbocycles. The quantitative estimate of drug-likeness (QED) is 0.772. The summed E-state index contributed by atoms with van der Waals surface area (Å²) in [6.45, 7) is 2.86. The number of rotatable bonds is 6. The van der Waals surface area contributed by atoms with Gasteiger partial charge >= 0.3 is 12.0 Å². The number of aliphatic carboxylic acids is 1. The summed E-state index contributed by atoms with van der Waals surface area (Å²) in [4.78, 5) is 27.5. The monoisotopic (exact) mass is 315 g/mol. The van der Waals surface area contributed by atoms with Gasteiger partial charge in [0.05, 0.1) is 5.37 Å². The van der Waals surface area contributed by atoms with Crippen LogP contribution in [0.2, 0.25) is 0 Å². The van der Waals surface area contributed by atoms with Crippen molar-refractivity contribution >= 4 is 23.8 Å². The van der Waals surface area contributed by atoms with Crippen LogP contribution in [-0.2, 0) is 4.79 Å². The molecule has 120 valence electrons. The number of hydrogen-bond acceptors (Lipinski definition) is 4. The molecular formula is C14H25N3O3S. The van der Waals surface area contributed by atoms with Crippen LogP contribution >= 0.6 is 11.8 Å². The van der Waals surface area contributed by atoms with Gasteiger partial charge in [-0.05, 0) is 52.7 Å². The zero-order chi connectivity index (χ0) is 15.6. The number of thioether (sulfide) groups is 1. The van der Waals surface area contributed by atoms with Gasteiger partial charge < -0.3 is 15.3 Å². The van der Waals surface area contributed by atoms with Gasteiger partial charge in [0.15, 0.2) is 0 Å². The topological polar surface area (TPSA) is 72.9 Å². The van der Waals surface area contributed by atoms with Crippen LogP contribution in [0.25, 0.3) is 0 Å². The SMILES string of the molecule is CC(CCN(C)C)NC(=O)N1C(C(=O)O)CSC1C1CC1. The second kappa shape index (κ2) is 6.87. The zero-order valence-corrected chi connectivity index (χ0v) is 13.7. The molecule has 1 saturated carbocycles. The highest BCUT2D eigenvalue weighted by molar-refractivity contribution is 8.00. The molecule has 0 aromatic carbocycles. The first-order valence-electron chi connectivity index (χ1n) is 7.48. The molecule has 2 amide bonds. The molecule has 2 rings (SSSR count). The van der Waals surface area contributed by atoms with E-state index in [2.05, 4.69) is 10.2 Å². The van der Waals surface area contributed by atoms with Crippen molar-refractivity contribution in [3.63, 3.8) is 0 Å². The fourth-order valence-corrected chi connectivity index (χ4v) is 4.16. The lowest BCUT2D eigenvalue weighted by atomic mass is 10.2. The van der Waals surface area contributed by atoms with Gasteiger partial charge in [0.2, 0.25) is 0 Å².